The SMILES string of the molecule is CCn1nc(C)cc1CC(N)c1ccc(Cl)c(C)c1. The molecule has 1 aromatic heterocycles. The van der Waals surface area contributed by atoms with Gasteiger partial charge in [-0.15, -0.1) is 0 Å². The normalized spacial score (nSPS) is 12.7. The molecule has 2 N–H and O–H groups in total. The summed E-state index contributed by atoms with van der Waals surface area (Å²) in [6.07, 6.45) is 0.787. The van der Waals surface area contributed by atoms with E-state index in [0.29, 0.717) is 0 Å². The molecule has 0 fully saturated rings. The molecule has 0 saturated heterocycles. The Morgan fingerprint density at radius 1 is 1.32 bits per heavy atom. The number of hydrogen-bond acceptors (Lipinski definition) is 2. The van der Waals surface area contributed by atoms with Crippen molar-refractivity contribution < 1.29 is 0 Å². The number of aromatic nitrogens is 2. The van der Waals surface area contributed by atoms with Gasteiger partial charge in [0.1, 0.15) is 0 Å². The molecular weight excluding hydrogens is 258 g/mol. The van der Waals surface area contributed by atoms with Crippen molar-refractivity contribution in [3.63, 3.8) is 0 Å². The molecule has 0 aliphatic carbocycles. The second-order valence-corrected chi connectivity index (χ2v) is 5.32. The van der Waals surface area contributed by atoms with Crippen molar-refractivity contribution in [1.29, 1.82) is 0 Å². The quantitative estimate of drug-likeness (QED) is 0.931. The Hall–Kier alpha value is -1.32. The highest BCUT2D eigenvalue weighted by molar-refractivity contribution is 6.31. The maximum Gasteiger partial charge on any atom is 0.0596 e. The fourth-order valence-corrected chi connectivity index (χ4v) is 2.40. The van der Waals surface area contributed by atoms with Crippen LogP contribution in [0.3, 0.4) is 0 Å². The minimum atomic E-state index is -0.0302. The zero-order valence-electron chi connectivity index (χ0n) is 11.7. The Bertz CT molecular complexity index is 575. The molecule has 0 aliphatic rings. The third-order valence-corrected chi connectivity index (χ3v) is 3.75. The first-order valence-electron chi connectivity index (χ1n) is 6.56. The first kappa shape index (κ1) is 14.1. The summed E-state index contributed by atoms with van der Waals surface area (Å²) in [5.41, 5.74) is 10.7. The third-order valence-electron chi connectivity index (χ3n) is 3.32. The summed E-state index contributed by atoms with van der Waals surface area (Å²) in [5.74, 6) is 0. The Morgan fingerprint density at radius 2 is 2.05 bits per heavy atom. The highest BCUT2D eigenvalue weighted by Gasteiger charge is 2.12. The van der Waals surface area contributed by atoms with Gasteiger partial charge in [-0.05, 0) is 44.0 Å². The van der Waals surface area contributed by atoms with Crippen LogP contribution in [-0.4, -0.2) is 9.78 Å². The van der Waals surface area contributed by atoms with Crippen molar-refractivity contribution in [2.24, 2.45) is 5.73 Å². The summed E-state index contributed by atoms with van der Waals surface area (Å²) in [6.45, 7) is 6.97. The molecule has 0 saturated carbocycles. The van der Waals surface area contributed by atoms with Gasteiger partial charge in [0.05, 0.1) is 5.69 Å². The van der Waals surface area contributed by atoms with Gasteiger partial charge in [0, 0.05) is 29.7 Å². The van der Waals surface area contributed by atoms with Crippen molar-refractivity contribution in [3.8, 4) is 0 Å². The molecule has 0 radical (unpaired) electrons. The fraction of sp³-hybridized carbons (Fsp3) is 0.400. The molecule has 1 atom stereocenters. The molecule has 1 aromatic carbocycles. The number of nitrogens with two attached hydrogens (primary N) is 1. The Labute approximate surface area is 119 Å². The van der Waals surface area contributed by atoms with Gasteiger partial charge in [-0.2, -0.15) is 5.10 Å². The van der Waals surface area contributed by atoms with Crippen LogP contribution < -0.4 is 5.73 Å². The van der Waals surface area contributed by atoms with Gasteiger partial charge < -0.3 is 5.73 Å². The van der Waals surface area contributed by atoms with Gasteiger partial charge in [-0.1, -0.05) is 23.7 Å². The second-order valence-electron chi connectivity index (χ2n) is 4.91. The topological polar surface area (TPSA) is 43.8 Å². The van der Waals surface area contributed by atoms with Crippen LogP contribution in [0.2, 0.25) is 5.02 Å². The van der Waals surface area contributed by atoms with E-state index < -0.39 is 0 Å². The van der Waals surface area contributed by atoms with Crippen LogP contribution in [-0.2, 0) is 13.0 Å². The van der Waals surface area contributed by atoms with Crippen molar-refractivity contribution in [2.45, 2.75) is 39.8 Å². The molecule has 4 heteroatoms. The van der Waals surface area contributed by atoms with Crippen molar-refractivity contribution in [3.05, 3.63) is 51.8 Å². The monoisotopic (exact) mass is 277 g/mol. The Balaban J connectivity index is 2.20. The van der Waals surface area contributed by atoms with Gasteiger partial charge in [0.2, 0.25) is 0 Å². The largest absolute Gasteiger partial charge is 0.324 e. The van der Waals surface area contributed by atoms with E-state index in [-0.39, 0.29) is 6.04 Å². The minimum Gasteiger partial charge on any atom is -0.324 e. The zero-order valence-corrected chi connectivity index (χ0v) is 12.4. The van der Waals surface area contributed by atoms with Gasteiger partial charge in [-0.25, -0.2) is 0 Å². The van der Waals surface area contributed by atoms with Gasteiger partial charge in [0.25, 0.3) is 0 Å². The molecule has 19 heavy (non-hydrogen) atoms. The lowest BCUT2D eigenvalue weighted by atomic mass is 10.0. The molecule has 2 aromatic rings. The van der Waals surface area contributed by atoms with Gasteiger partial charge >= 0.3 is 0 Å². The molecule has 1 heterocycles. The van der Waals surface area contributed by atoms with Crippen LogP contribution in [0, 0.1) is 13.8 Å². The van der Waals surface area contributed by atoms with Crippen molar-refractivity contribution in [1.82, 2.24) is 9.78 Å². The van der Waals surface area contributed by atoms with Crippen LogP contribution in [0.25, 0.3) is 0 Å². The Kier molecular flexibility index (Phi) is 4.27. The molecule has 0 aliphatic heterocycles. The minimum absolute atomic E-state index is 0.0302. The summed E-state index contributed by atoms with van der Waals surface area (Å²) in [4.78, 5) is 0. The van der Waals surface area contributed by atoms with E-state index >= 15 is 0 Å². The predicted molar refractivity (Wildman–Crippen MR) is 79.5 cm³/mol. The number of rotatable bonds is 4. The molecule has 102 valence electrons. The average molecular weight is 278 g/mol. The number of nitrogens with zero attached hydrogens (tertiary/aromatic N) is 2. The van der Waals surface area contributed by atoms with Gasteiger partial charge in [-0.3, -0.25) is 4.68 Å². The van der Waals surface area contributed by atoms with E-state index in [2.05, 4.69) is 24.2 Å². The molecular formula is C15H20ClN3. The number of benzene rings is 1. The lowest BCUT2D eigenvalue weighted by Crippen LogP contribution is -2.16. The first-order chi connectivity index (χ1) is 9.01. The van der Waals surface area contributed by atoms with Crippen LogP contribution in [0.15, 0.2) is 24.3 Å². The van der Waals surface area contributed by atoms with Crippen LogP contribution in [0.4, 0.5) is 0 Å². The molecule has 0 spiro atoms. The molecule has 3 nitrogen and oxygen atoms in total. The molecule has 2 rings (SSSR count). The molecule has 1 unspecified atom stereocenters. The van der Waals surface area contributed by atoms with Crippen molar-refractivity contribution in [2.75, 3.05) is 0 Å². The standard InChI is InChI=1S/C15H20ClN3/c1-4-19-13(8-11(3)18-19)9-15(17)12-5-6-14(16)10(2)7-12/h5-8,15H,4,9,17H2,1-3H3. The summed E-state index contributed by atoms with van der Waals surface area (Å²) in [6, 6.07) is 8.05. The zero-order chi connectivity index (χ0) is 14.0. The lowest BCUT2D eigenvalue weighted by Gasteiger charge is -2.14. The van der Waals surface area contributed by atoms with E-state index in [1.807, 2.05) is 30.7 Å². The number of aryl methyl sites for hydroxylation is 3. The first-order valence-corrected chi connectivity index (χ1v) is 6.94. The van der Waals surface area contributed by atoms with Crippen LogP contribution in [0.5, 0.6) is 0 Å². The highest BCUT2D eigenvalue weighted by atomic mass is 35.5. The van der Waals surface area contributed by atoms with E-state index in [9.17, 15) is 0 Å². The lowest BCUT2D eigenvalue weighted by molar-refractivity contribution is 0.587. The summed E-state index contributed by atoms with van der Waals surface area (Å²) in [5, 5.41) is 5.23. The number of hydrogen-bond donors (Lipinski definition) is 1. The third kappa shape index (κ3) is 3.17. The predicted octanol–water partition coefficient (Wildman–Crippen LogP) is 3.42. The van der Waals surface area contributed by atoms with E-state index in [1.165, 1.54) is 5.69 Å². The molecule has 0 amide bonds. The smallest absolute Gasteiger partial charge is 0.0596 e. The van der Waals surface area contributed by atoms with E-state index in [0.717, 1.165) is 34.8 Å². The van der Waals surface area contributed by atoms with E-state index in [4.69, 9.17) is 17.3 Å². The Morgan fingerprint density at radius 3 is 2.68 bits per heavy atom. The number of halogens is 1. The summed E-state index contributed by atoms with van der Waals surface area (Å²) in [7, 11) is 0. The second kappa shape index (κ2) is 5.76. The van der Waals surface area contributed by atoms with Crippen LogP contribution >= 0.6 is 11.6 Å². The summed E-state index contributed by atoms with van der Waals surface area (Å²) >= 11 is 6.04. The molecule has 0 bridgehead atoms. The maximum atomic E-state index is 6.29. The highest BCUT2D eigenvalue weighted by Crippen LogP contribution is 2.22. The fourth-order valence-electron chi connectivity index (χ4n) is 2.28. The summed E-state index contributed by atoms with van der Waals surface area (Å²) < 4.78 is 2.01. The maximum absolute atomic E-state index is 6.29. The van der Waals surface area contributed by atoms with Gasteiger partial charge in [0.15, 0.2) is 0 Å². The average Bonchev–Trinajstić information content (AvgIpc) is 2.72. The van der Waals surface area contributed by atoms with E-state index in [1.54, 1.807) is 0 Å². The van der Waals surface area contributed by atoms with Crippen LogP contribution in [0.1, 0.15) is 35.5 Å². The van der Waals surface area contributed by atoms with Crippen molar-refractivity contribution >= 4 is 11.6 Å².